The topological polar surface area (TPSA) is 66.1 Å². The second-order valence-electron chi connectivity index (χ2n) is 4.93. The zero-order valence-corrected chi connectivity index (χ0v) is 9.77. The van der Waals surface area contributed by atoms with Crippen LogP contribution in [0.2, 0.25) is 0 Å². The van der Waals surface area contributed by atoms with Gasteiger partial charge in [0.05, 0.1) is 24.6 Å². The van der Waals surface area contributed by atoms with Crippen LogP contribution in [-0.2, 0) is 16.1 Å². The normalized spacial score (nSPS) is 27.9. The molecule has 2 amide bonds. The van der Waals surface area contributed by atoms with E-state index in [2.05, 4.69) is 10.2 Å². The number of hydrogen-bond donors (Lipinski definition) is 1. The maximum absolute atomic E-state index is 12.1. The molecule has 1 aliphatic heterocycles. The van der Waals surface area contributed by atoms with E-state index in [9.17, 15) is 9.59 Å². The van der Waals surface area contributed by atoms with Crippen molar-refractivity contribution in [3.05, 3.63) is 17.5 Å². The highest BCUT2D eigenvalue weighted by Gasteiger charge is 2.49. The van der Waals surface area contributed by atoms with Gasteiger partial charge in [0.1, 0.15) is 0 Å². The molecule has 17 heavy (non-hydrogen) atoms. The Morgan fingerprint density at radius 2 is 2.00 bits per heavy atom. The van der Waals surface area contributed by atoms with Gasteiger partial charge < -0.3 is 0 Å². The molecule has 1 aromatic heterocycles. The molecule has 2 heterocycles. The third-order valence-electron chi connectivity index (χ3n) is 3.95. The number of carbonyl (C=O) groups excluding carboxylic acids is 2. The second-order valence-corrected chi connectivity index (χ2v) is 4.93. The van der Waals surface area contributed by atoms with E-state index < -0.39 is 0 Å². The van der Waals surface area contributed by atoms with Crippen molar-refractivity contribution < 1.29 is 9.59 Å². The van der Waals surface area contributed by atoms with Gasteiger partial charge in [0.15, 0.2) is 0 Å². The Labute approximate surface area is 99.2 Å². The summed E-state index contributed by atoms with van der Waals surface area (Å²) < 4.78 is 0. The zero-order valence-electron chi connectivity index (χ0n) is 9.77. The monoisotopic (exact) mass is 233 g/mol. The van der Waals surface area contributed by atoms with Gasteiger partial charge in [-0.1, -0.05) is 6.42 Å². The molecule has 2 fully saturated rings. The van der Waals surface area contributed by atoms with E-state index >= 15 is 0 Å². The number of aromatic amines is 1. The fourth-order valence-electron chi connectivity index (χ4n) is 2.92. The third kappa shape index (κ3) is 1.49. The first-order valence-electron chi connectivity index (χ1n) is 6.02. The molecule has 1 N–H and O–H groups in total. The van der Waals surface area contributed by atoms with Gasteiger partial charge in [-0.2, -0.15) is 5.10 Å². The van der Waals surface area contributed by atoms with Crippen molar-refractivity contribution >= 4 is 11.8 Å². The van der Waals surface area contributed by atoms with Crippen LogP contribution >= 0.6 is 0 Å². The fraction of sp³-hybridized carbons (Fsp3) is 0.583. The lowest BCUT2D eigenvalue weighted by atomic mass is 10.00. The molecule has 0 bridgehead atoms. The molecule has 90 valence electrons. The Morgan fingerprint density at radius 1 is 1.35 bits per heavy atom. The number of fused-ring (bicyclic) bond motifs is 1. The second kappa shape index (κ2) is 3.68. The summed E-state index contributed by atoms with van der Waals surface area (Å²) >= 11 is 0. The van der Waals surface area contributed by atoms with Crippen LogP contribution in [0.25, 0.3) is 0 Å². The van der Waals surface area contributed by atoms with Gasteiger partial charge in [-0.15, -0.1) is 0 Å². The van der Waals surface area contributed by atoms with Crippen molar-refractivity contribution in [1.82, 2.24) is 15.1 Å². The van der Waals surface area contributed by atoms with E-state index in [1.54, 1.807) is 6.20 Å². The lowest BCUT2D eigenvalue weighted by Gasteiger charge is -2.15. The van der Waals surface area contributed by atoms with Gasteiger partial charge in [-0.25, -0.2) is 0 Å². The number of nitrogens with zero attached hydrogens (tertiary/aromatic N) is 2. The summed E-state index contributed by atoms with van der Waals surface area (Å²) in [5.74, 6) is -0.0689. The Morgan fingerprint density at radius 3 is 2.53 bits per heavy atom. The number of rotatable bonds is 2. The van der Waals surface area contributed by atoms with E-state index in [1.165, 1.54) is 4.90 Å². The smallest absolute Gasteiger partial charge is 0.233 e. The summed E-state index contributed by atoms with van der Waals surface area (Å²) in [6.45, 7) is 2.27. The van der Waals surface area contributed by atoms with Crippen molar-refractivity contribution in [3.8, 4) is 0 Å². The van der Waals surface area contributed by atoms with E-state index in [4.69, 9.17) is 0 Å². The molecule has 1 saturated carbocycles. The van der Waals surface area contributed by atoms with Gasteiger partial charge >= 0.3 is 0 Å². The lowest BCUT2D eigenvalue weighted by molar-refractivity contribution is -0.141. The zero-order chi connectivity index (χ0) is 12.0. The number of hydrogen-bond acceptors (Lipinski definition) is 3. The molecule has 3 rings (SSSR count). The molecule has 1 saturated heterocycles. The van der Waals surface area contributed by atoms with Gasteiger partial charge in [-0.3, -0.25) is 19.6 Å². The van der Waals surface area contributed by atoms with Crippen molar-refractivity contribution in [2.75, 3.05) is 0 Å². The molecule has 2 aliphatic rings. The van der Waals surface area contributed by atoms with Crippen LogP contribution in [0.5, 0.6) is 0 Å². The highest BCUT2D eigenvalue weighted by molar-refractivity contribution is 6.05. The number of carbonyl (C=O) groups is 2. The van der Waals surface area contributed by atoms with Crippen molar-refractivity contribution in [2.24, 2.45) is 11.8 Å². The summed E-state index contributed by atoms with van der Waals surface area (Å²) in [6.07, 6.45) is 4.43. The van der Waals surface area contributed by atoms with Gasteiger partial charge in [-0.05, 0) is 19.8 Å². The van der Waals surface area contributed by atoms with E-state index in [0.29, 0.717) is 6.54 Å². The van der Waals surface area contributed by atoms with Crippen LogP contribution < -0.4 is 0 Å². The predicted octanol–water partition coefficient (Wildman–Crippen LogP) is 1.00. The predicted molar refractivity (Wildman–Crippen MR) is 59.7 cm³/mol. The minimum atomic E-state index is -0.0466. The Balaban J connectivity index is 1.83. The number of aromatic nitrogens is 2. The van der Waals surface area contributed by atoms with Crippen molar-refractivity contribution in [3.63, 3.8) is 0 Å². The maximum atomic E-state index is 12.1. The molecule has 0 aromatic carbocycles. The van der Waals surface area contributed by atoms with E-state index in [1.807, 2.05) is 6.92 Å². The summed E-state index contributed by atoms with van der Waals surface area (Å²) in [5.41, 5.74) is 1.84. The molecule has 0 radical (unpaired) electrons. The van der Waals surface area contributed by atoms with Crippen LogP contribution in [0, 0.1) is 18.8 Å². The lowest BCUT2D eigenvalue weighted by Crippen LogP contribution is -2.31. The fourth-order valence-corrected chi connectivity index (χ4v) is 2.92. The summed E-state index contributed by atoms with van der Waals surface area (Å²) in [7, 11) is 0. The number of aryl methyl sites for hydroxylation is 1. The van der Waals surface area contributed by atoms with Crippen LogP contribution in [0.15, 0.2) is 6.20 Å². The first kappa shape index (κ1) is 10.5. The van der Waals surface area contributed by atoms with E-state index in [0.717, 1.165) is 30.5 Å². The number of amides is 2. The van der Waals surface area contributed by atoms with Crippen LogP contribution in [-0.4, -0.2) is 26.9 Å². The van der Waals surface area contributed by atoms with Crippen molar-refractivity contribution in [1.29, 1.82) is 0 Å². The number of likely N-dealkylation sites (tertiary alicyclic amines) is 1. The Kier molecular flexibility index (Phi) is 2.28. The van der Waals surface area contributed by atoms with Crippen molar-refractivity contribution in [2.45, 2.75) is 32.7 Å². The van der Waals surface area contributed by atoms with Crippen LogP contribution in [0.4, 0.5) is 0 Å². The molecule has 1 aliphatic carbocycles. The number of H-pyrrole nitrogens is 1. The quantitative estimate of drug-likeness (QED) is 0.775. The summed E-state index contributed by atoms with van der Waals surface area (Å²) in [5, 5.41) is 6.74. The largest absolute Gasteiger partial charge is 0.283 e. The molecular formula is C12H15N3O2. The molecule has 1 aromatic rings. The molecule has 5 heteroatoms. The minimum absolute atomic E-state index is 0.0121. The molecule has 2 atom stereocenters. The summed E-state index contributed by atoms with van der Waals surface area (Å²) in [6, 6.07) is 0. The van der Waals surface area contributed by atoms with Gasteiger partial charge in [0.25, 0.3) is 0 Å². The van der Waals surface area contributed by atoms with Crippen LogP contribution in [0.1, 0.15) is 30.5 Å². The van der Waals surface area contributed by atoms with Gasteiger partial charge in [0, 0.05) is 11.3 Å². The van der Waals surface area contributed by atoms with Crippen LogP contribution in [0.3, 0.4) is 0 Å². The van der Waals surface area contributed by atoms with E-state index in [-0.39, 0.29) is 23.7 Å². The molecule has 0 spiro atoms. The minimum Gasteiger partial charge on any atom is -0.283 e. The standard InChI is InChI=1S/C12H15N3O2/c1-7-8(5-13-14-7)6-15-11(16)9-3-2-4-10(9)12(15)17/h5,9-10H,2-4,6H2,1H3,(H,13,14). The first-order valence-corrected chi connectivity index (χ1v) is 6.02. The first-order chi connectivity index (χ1) is 8.18. The molecule has 2 unspecified atom stereocenters. The number of nitrogens with one attached hydrogen (secondary N) is 1. The molecule has 5 nitrogen and oxygen atoms in total. The Bertz CT molecular complexity index is 458. The third-order valence-corrected chi connectivity index (χ3v) is 3.95. The average Bonchev–Trinajstić information content (AvgIpc) is 2.97. The van der Waals surface area contributed by atoms with Gasteiger partial charge in [0.2, 0.25) is 11.8 Å². The highest BCUT2D eigenvalue weighted by Crippen LogP contribution is 2.40. The Hall–Kier alpha value is -1.65. The summed E-state index contributed by atoms with van der Waals surface area (Å²) in [4.78, 5) is 25.6. The average molecular weight is 233 g/mol. The SMILES string of the molecule is Cc1[nH]ncc1CN1C(=O)C2CCCC2C1=O. The molecular weight excluding hydrogens is 218 g/mol. The maximum Gasteiger partial charge on any atom is 0.233 e. The highest BCUT2D eigenvalue weighted by atomic mass is 16.2. The number of imide groups is 1.